The zero-order valence-electron chi connectivity index (χ0n) is 22.6. The summed E-state index contributed by atoms with van der Waals surface area (Å²) >= 11 is 0. The second-order valence-corrected chi connectivity index (χ2v) is 10.3. The monoisotopic (exact) mass is 518 g/mol. The van der Waals surface area contributed by atoms with Gasteiger partial charge in [0.05, 0.1) is 12.2 Å². The summed E-state index contributed by atoms with van der Waals surface area (Å²) in [6.45, 7) is 6.18. The van der Waals surface area contributed by atoms with Crippen molar-refractivity contribution in [2.75, 3.05) is 18.1 Å². The van der Waals surface area contributed by atoms with Crippen LogP contribution in [0, 0.1) is 5.92 Å². The van der Waals surface area contributed by atoms with Crippen molar-refractivity contribution in [1.82, 2.24) is 0 Å². The van der Waals surface area contributed by atoms with Crippen molar-refractivity contribution >= 4 is 29.4 Å². The number of hydrogen-bond donors (Lipinski definition) is 2. The number of carbonyl (C=O) groups is 2. The first-order chi connectivity index (χ1) is 18.4. The molecule has 38 heavy (non-hydrogen) atoms. The zero-order valence-corrected chi connectivity index (χ0v) is 22.6. The SMILES string of the molecule is C=CCCC1CCC(OC(=O)c2ccc(C=CC(=O)OCC(CCCC)c3cc(N)cc(N)c3)cc2)CC1. The molecular formula is C32H42N2O4. The first-order valence-electron chi connectivity index (χ1n) is 13.8. The van der Waals surface area contributed by atoms with Crippen LogP contribution in [0.15, 0.2) is 61.2 Å². The number of carbonyl (C=O) groups excluding carboxylic acids is 2. The fraction of sp³-hybridized carbons (Fsp3) is 0.438. The molecule has 0 heterocycles. The fourth-order valence-corrected chi connectivity index (χ4v) is 4.97. The standard InChI is InChI=1S/C32H42N2O4/c1-3-5-7-23-11-16-30(17-12-23)38-32(36)25-14-9-24(10-15-25)13-18-31(35)37-22-26(8-6-4-2)27-19-28(33)21-29(34)20-27/h3,9-10,13-15,18-21,23,26,30H,1,4-8,11-12,16-17,22,33-34H2,2H3. The number of ether oxygens (including phenoxy) is 2. The van der Waals surface area contributed by atoms with Crippen LogP contribution in [0.3, 0.4) is 0 Å². The maximum Gasteiger partial charge on any atom is 0.338 e. The van der Waals surface area contributed by atoms with Crippen molar-refractivity contribution < 1.29 is 19.1 Å². The number of anilines is 2. The Labute approximate surface area is 227 Å². The molecule has 4 N–H and O–H groups in total. The van der Waals surface area contributed by atoms with Gasteiger partial charge in [-0.25, -0.2) is 9.59 Å². The van der Waals surface area contributed by atoms with Crippen molar-refractivity contribution in [3.05, 3.63) is 77.9 Å². The van der Waals surface area contributed by atoms with Gasteiger partial charge in [-0.2, -0.15) is 0 Å². The summed E-state index contributed by atoms with van der Waals surface area (Å²) in [5.74, 6) is 0.0230. The number of esters is 2. The fourth-order valence-electron chi connectivity index (χ4n) is 4.97. The van der Waals surface area contributed by atoms with Crippen LogP contribution in [0.25, 0.3) is 6.08 Å². The Hall–Kier alpha value is -3.54. The average Bonchev–Trinajstić information content (AvgIpc) is 2.91. The Morgan fingerprint density at radius 2 is 1.74 bits per heavy atom. The van der Waals surface area contributed by atoms with E-state index in [2.05, 4.69) is 13.5 Å². The molecule has 1 unspecified atom stereocenters. The average molecular weight is 519 g/mol. The summed E-state index contributed by atoms with van der Waals surface area (Å²) in [6.07, 6.45) is 14.2. The minimum Gasteiger partial charge on any atom is -0.462 e. The molecule has 0 amide bonds. The molecule has 2 aromatic carbocycles. The molecule has 0 bridgehead atoms. The van der Waals surface area contributed by atoms with Crippen LogP contribution in [-0.4, -0.2) is 24.6 Å². The summed E-state index contributed by atoms with van der Waals surface area (Å²) in [5, 5.41) is 0. The predicted molar refractivity (Wildman–Crippen MR) is 155 cm³/mol. The summed E-state index contributed by atoms with van der Waals surface area (Å²) < 4.78 is 11.3. The second kappa shape index (κ2) is 15.0. The van der Waals surface area contributed by atoms with Crippen LogP contribution in [-0.2, 0) is 14.3 Å². The molecule has 2 aromatic rings. The second-order valence-electron chi connectivity index (χ2n) is 10.3. The largest absolute Gasteiger partial charge is 0.462 e. The van der Waals surface area contributed by atoms with Gasteiger partial charge in [0.1, 0.15) is 6.10 Å². The van der Waals surface area contributed by atoms with Gasteiger partial charge in [0.2, 0.25) is 0 Å². The topological polar surface area (TPSA) is 105 Å². The lowest BCUT2D eigenvalue weighted by molar-refractivity contribution is -0.138. The van der Waals surface area contributed by atoms with E-state index in [-0.39, 0.29) is 24.6 Å². The van der Waals surface area contributed by atoms with E-state index in [4.69, 9.17) is 20.9 Å². The van der Waals surface area contributed by atoms with E-state index in [1.54, 1.807) is 36.4 Å². The van der Waals surface area contributed by atoms with E-state index >= 15 is 0 Å². The third-order valence-electron chi connectivity index (χ3n) is 7.21. The van der Waals surface area contributed by atoms with Crippen molar-refractivity contribution in [3.63, 3.8) is 0 Å². The lowest BCUT2D eigenvalue weighted by Gasteiger charge is -2.28. The van der Waals surface area contributed by atoms with Crippen molar-refractivity contribution in [2.24, 2.45) is 5.92 Å². The van der Waals surface area contributed by atoms with Crippen LogP contribution < -0.4 is 11.5 Å². The van der Waals surface area contributed by atoms with Gasteiger partial charge in [-0.05, 0) is 98.4 Å². The quantitative estimate of drug-likeness (QED) is 0.127. The lowest BCUT2D eigenvalue weighted by atomic mass is 9.84. The van der Waals surface area contributed by atoms with E-state index in [0.717, 1.165) is 62.5 Å². The highest BCUT2D eigenvalue weighted by Gasteiger charge is 2.24. The summed E-state index contributed by atoms with van der Waals surface area (Å²) in [5.41, 5.74) is 15.4. The Bertz CT molecular complexity index is 1060. The molecule has 0 aliphatic heterocycles. The number of nitrogen functional groups attached to an aromatic ring is 2. The Morgan fingerprint density at radius 3 is 2.37 bits per heavy atom. The molecule has 1 aliphatic rings. The summed E-state index contributed by atoms with van der Waals surface area (Å²) in [6, 6.07) is 12.6. The van der Waals surface area contributed by atoms with Crippen molar-refractivity contribution in [3.8, 4) is 0 Å². The highest BCUT2D eigenvalue weighted by molar-refractivity contribution is 5.90. The predicted octanol–water partition coefficient (Wildman–Crippen LogP) is 7.06. The molecule has 0 radical (unpaired) electrons. The van der Waals surface area contributed by atoms with Crippen LogP contribution in [0.1, 0.15) is 92.1 Å². The first-order valence-corrected chi connectivity index (χ1v) is 13.8. The van der Waals surface area contributed by atoms with E-state index in [1.165, 1.54) is 12.5 Å². The van der Waals surface area contributed by atoms with E-state index < -0.39 is 5.97 Å². The number of benzene rings is 2. The molecule has 3 rings (SSSR count). The van der Waals surface area contributed by atoms with Gasteiger partial charge in [-0.3, -0.25) is 0 Å². The zero-order chi connectivity index (χ0) is 27.3. The molecule has 0 aromatic heterocycles. The number of nitrogens with two attached hydrogens (primary N) is 2. The van der Waals surface area contributed by atoms with Gasteiger partial charge >= 0.3 is 11.9 Å². The molecule has 0 saturated heterocycles. The molecule has 0 spiro atoms. The summed E-state index contributed by atoms with van der Waals surface area (Å²) in [7, 11) is 0. The first kappa shape index (κ1) is 29.0. The van der Waals surface area contributed by atoms with E-state index in [1.807, 2.05) is 18.2 Å². The van der Waals surface area contributed by atoms with Gasteiger partial charge in [0.25, 0.3) is 0 Å². The van der Waals surface area contributed by atoms with Gasteiger partial charge in [0.15, 0.2) is 0 Å². The van der Waals surface area contributed by atoms with Crippen LogP contribution in [0.4, 0.5) is 11.4 Å². The molecule has 1 fully saturated rings. The normalized spacial score (nSPS) is 18.1. The van der Waals surface area contributed by atoms with Gasteiger partial charge in [-0.15, -0.1) is 6.58 Å². The minimum atomic E-state index is -0.421. The van der Waals surface area contributed by atoms with Crippen LogP contribution in [0.2, 0.25) is 0 Å². The third kappa shape index (κ3) is 9.40. The van der Waals surface area contributed by atoms with Crippen molar-refractivity contribution in [1.29, 1.82) is 0 Å². The maximum atomic E-state index is 12.6. The number of unbranched alkanes of at least 4 members (excludes halogenated alkanes) is 1. The molecule has 6 heteroatoms. The lowest BCUT2D eigenvalue weighted by Crippen LogP contribution is -2.24. The Morgan fingerprint density at radius 1 is 1.05 bits per heavy atom. The van der Waals surface area contributed by atoms with Crippen molar-refractivity contribution in [2.45, 2.75) is 76.7 Å². The smallest absolute Gasteiger partial charge is 0.338 e. The highest BCUT2D eigenvalue weighted by atomic mass is 16.5. The molecule has 6 nitrogen and oxygen atoms in total. The Balaban J connectivity index is 1.48. The van der Waals surface area contributed by atoms with Crippen LogP contribution >= 0.6 is 0 Å². The van der Waals surface area contributed by atoms with Gasteiger partial charge < -0.3 is 20.9 Å². The molecule has 204 valence electrons. The number of allylic oxidation sites excluding steroid dienone is 1. The van der Waals surface area contributed by atoms with E-state index in [9.17, 15) is 9.59 Å². The van der Waals surface area contributed by atoms with Gasteiger partial charge in [-0.1, -0.05) is 38.0 Å². The van der Waals surface area contributed by atoms with E-state index in [0.29, 0.717) is 22.9 Å². The Kier molecular flexibility index (Phi) is 11.5. The van der Waals surface area contributed by atoms with Gasteiger partial charge in [0, 0.05) is 23.4 Å². The third-order valence-corrected chi connectivity index (χ3v) is 7.21. The highest BCUT2D eigenvalue weighted by Crippen LogP contribution is 2.30. The summed E-state index contributed by atoms with van der Waals surface area (Å²) in [4.78, 5) is 25.0. The van der Waals surface area contributed by atoms with Crippen LogP contribution in [0.5, 0.6) is 0 Å². The number of rotatable bonds is 13. The molecule has 1 aliphatic carbocycles. The number of hydrogen-bond acceptors (Lipinski definition) is 6. The molecule has 1 saturated carbocycles. The minimum absolute atomic E-state index is 0.0123. The molecule has 1 atom stereocenters. The molecular weight excluding hydrogens is 476 g/mol. The maximum absolute atomic E-state index is 12.6.